The van der Waals surface area contributed by atoms with Crippen LogP contribution in [0, 0.1) is 18.3 Å². The number of nitrogens with zero attached hydrogens (tertiary/aromatic N) is 3. The molecule has 1 aromatic heterocycles. The van der Waals surface area contributed by atoms with Crippen LogP contribution in [0.25, 0.3) is 16.8 Å². The smallest absolute Gasteiger partial charge is 0.110 e. The van der Waals surface area contributed by atoms with Gasteiger partial charge in [-0.1, -0.05) is 29.8 Å². The van der Waals surface area contributed by atoms with Crippen LogP contribution in [0.2, 0.25) is 5.02 Å². The van der Waals surface area contributed by atoms with Gasteiger partial charge in [-0.05, 0) is 36.8 Å². The molecule has 0 spiro atoms. The lowest BCUT2D eigenvalue weighted by Gasteiger charge is -2.08. The highest BCUT2D eigenvalue weighted by Gasteiger charge is 2.06. The largest absolute Gasteiger partial charge is 0.304 e. The van der Waals surface area contributed by atoms with E-state index in [4.69, 9.17) is 16.9 Å². The molecule has 0 N–H and O–H groups in total. The van der Waals surface area contributed by atoms with Crippen LogP contribution in [-0.4, -0.2) is 9.55 Å². The Labute approximate surface area is 128 Å². The van der Waals surface area contributed by atoms with Crippen molar-refractivity contribution in [2.75, 3.05) is 0 Å². The SMILES string of the molecule is Cc1nccn1-c1ccc(-c2ccc(C#N)cc2Cl)cc1. The summed E-state index contributed by atoms with van der Waals surface area (Å²) in [6.07, 6.45) is 3.71. The van der Waals surface area contributed by atoms with Crippen molar-refractivity contribution in [3.05, 3.63) is 71.3 Å². The second kappa shape index (κ2) is 5.43. The van der Waals surface area contributed by atoms with Crippen molar-refractivity contribution in [2.45, 2.75) is 6.92 Å². The van der Waals surface area contributed by atoms with Gasteiger partial charge in [0, 0.05) is 28.7 Å². The molecule has 1 heterocycles. The molecule has 3 aromatic rings. The van der Waals surface area contributed by atoms with Crippen molar-refractivity contribution in [2.24, 2.45) is 0 Å². The summed E-state index contributed by atoms with van der Waals surface area (Å²) in [5.74, 6) is 0.944. The topological polar surface area (TPSA) is 41.6 Å². The fourth-order valence-corrected chi connectivity index (χ4v) is 2.56. The summed E-state index contributed by atoms with van der Waals surface area (Å²) in [5, 5.41) is 9.46. The normalized spacial score (nSPS) is 10.3. The first kappa shape index (κ1) is 13.4. The third-order valence-corrected chi connectivity index (χ3v) is 3.69. The summed E-state index contributed by atoms with van der Waals surface area (Å²) < 4.78 is 2.02. The monoisotopic (exact) mass is 293 g/mol. The number of nitriles is 1. The number of halogens is 1. The molecule has 0 aliphatic heterocycles. The molecular weight excluding hydrogens is 282 g/mol. The third kappa shape index (κ3) is 2.54. The Kier molecular flexibility index (Phi) is 3.47. The Morgan fingerprint density at radius 2 is 1.90 bits per heavy atom. The van der Waals surface area contributed by atoms with Crippen LogP contribution >= 0.6 is 11.6 Å². The van der Waals surface area contributed by atoms with Crippen molar-refractivity contribution >= 4 is 11.6 Å². The van der Waals surface area contributed by atoms with E-state index in [2.05, 4.69) is 11.1 Å². The fourth-order valence-electron chi connectivity index (χ4n) is 2.27. The number of hydrogen-bond acceptors (Lipinski definition) is 2. The molecule has 0 aliphatic carbocycles. The molecule has 4 heteroatoms. The maximum atomic E-state index is 8.87. The predicted octanol–water partition coefficient (Wildman–Crippen LogP) is 4.37. The highest BCUT2D eigenvalue weighted by molar-refractivity contribution is 6.33. The highest BCUT2D eigenvalue weighted by Crippen LogP contribution is 2.29. The molecular formula is C17H12ClN3. The van der Waals surface area contributed by atoms with E-state index >= 15 is 0 Å². The maximum Gasteiger partial charge on any atom is 0.110 e. The van der Waals surface area contributed by atoms with Gasteiger partial charge < -0.3 is 4.57 Å². The van der Waals surface area contributed by atoms with Crippen molar-refractivity contribution in [3.63, 3.8) is 0 Å². The van der Waals surface area contributed by atoms with Crippen LogP contribution in [0.1, 0.15) is 11.4 Å². The van der Waals surface area contributed by atoms with Gasteiger partial charge >= 0.3 is 0 Å². The van der Waals surface area contributed by atoms with Gasteiger partial charge in [0.15, 0.2) is 0 Å². The number of imidazole rings is 1. The summed E-state index contributed by atoms with van der Waals surface area (Å²) in [6, 6.07) is 15.5. The van der Waals surface area contributed by atoms with E-state index in [0.29, 0.717) is 10.6 Å². The van der Waals surface area contributed by atoms with Gasteiger partial charge in [0.2, 0.25) is 0 Å². The molecule has 0 unspecified atom stereocenters. The Hall–Kier alpha value is -2.57. The Morgan fingerprint density at radius 3 is 2.48 bits per heavy atom. The molecule has 0 radical (unpaired) electrons. The lowest BCUT2D eigenvalue weighted by molar-refractivity contribution is 0.975. The second-order valence-corrected chi connectivity index (χ2v) is 5.10. The minimum atomic E-state index is 0.564. The van der Waals surface area contributed by atoms with E-state index in [-0.39, 0.29) is 0 Å². The molecule has 0 saturated heterocycles. The van der Waals surface area contributed by atoms with Crippen molar-refractivity contribution in [1.82, 2.24) is 9.55 Å². The summed E-state index contributed by atoms with van der Waals surface area (Å²) in [5.41, 5.74) is 3.56. The molecule has 0 fully saturated rings. The molecule has 102 valence electrons. The number of benzene rings is 2. The third-order valence-electron chi connectivity index (χ3n) is 3.38. The quantitative estimate of drug-likeness (QED) is 0.704. The van der Waals surface area contributed by atoms with Crippen LogP contribution in [0.5, 0.6) is 0 Å². The average molecular weight is 294 g/mol. The van der Waals surface area contributed by atoms with Crippen molar-refractivity contribution in [3.8, 4) is 22.9 Å². The zero-order valence-electron chi connectivity index (χ0n) is 11.4. The number of rotatable bonds is 2. The fraction of sp³-hybridized carbons (Fsp3) is 0.0588. The highest BCUT2D eigenvalue weighted by atomic mass is 35.5. The summed E-state index contributed by atoms with van der Waals surface area (Å²) in [4.78, 5) is 4.22. The van der Waals surface area contributed by atoms with Crippen molar-refractivity contribution < 1.29 is 0 Å². The van der Waals surface area contributed by atoms with Crippen LogP contribution < -0.4 is 0 Å². The summed E-state index contributed by atoms with van der Waals surface area (Å²) in [6.45, 7) is 1.96. The Balaban J connectivity index is 1.98. The lowest BCUT2D eigenvalue weighted by Crippen LogP contribution is -1.95. The zero-order chi connectivity index (χ0) is 14.8. The van der Waals surface area contributed by atoms with Crippen LogP contribution in [0.15, 0.2) is 54.9 Å². The van der Waals surface area contributed by atoms with Crippen LogP contribution in [0.4, 0.5) is 0 Å². The van der Waals surface area contributed by atoms with Gasteiger partial charge in [-0.15, -0.1) is 0 Å². The molecule has 0 amide bonds. The molecule has 3 rings (SSSR count). The average Bonchev–Trinajstić information content (AvgIpc) is 2.93. The number of aromatic nitrogens is 2. The first-order valence-corrected chi connectivity index (χ1v) is 6.87. The number of aryl methyl sites for hydroxylation is 1. The predicted molar refractivity (Wildman–Crippen MR) is 83.5 cm³/mol. The van der Waals surface area contributed by atoms with E-state index in [9.17, 15) is 0 Å². The van der Waals surface area contributed by atoms with Gasteiger partial charge in [-0.3, -0.25) is 0 Å². The standard InChI is InChI=1S/C17H12ClN3/c1-12-20-8-9-21(12)15-5-3-14(4-6-15)16-7-2-13(11-19)10-17(16)18/h2-10H,1H3. The van der Waals surface area contributed by atoms with Gasteiger partial charge in [-0.25, -0.2) is 4.98 Å². The lowest BCUT2D eigenvalue weighted by atomic mass is 10.0. The second-order valence-electron chi connectivity index (χ2n) is 4.70. The Bertz CT molecular complexity index is 826. The molecule has 0 saturated carbocycles. The van der Waals surface area contributed by atoms with Gasteiger partial charge in [0.25, 0.3) is 0 Å². The summed E-state index contributed by atoms with van der Waals surface area (Å²) >= 11 is 6.24. The van der Waals surface area contributed by atoms with E-state index in [1.165, 1.54) is 0 Å². The van der Waals surface area contributed by atoms with Crippen LogP contribution in [0.3, 0.4) is 0 Å². The zero-order valence-corrected chi connectivity index (χ0v) is 12.2. The Morgan fingerprint density at radius 1 is 1.14 bits per heavy atom. The minimum Gasteiger partial charge on any atom is -0.304 e. The van der Waals surface area contributed by atoms with Gasteiger partial charge in [-0.2, -0.15) is 5.26 Å². The van der Waals surface area contributed by atoms with Gasteiger partial charge in [0.05, 0.1) is 11.6 Å². The number of hydrogen-bond donors (Lipinski definition) is 0. The molecule has 0 aliphatic rings. The molecule has 0 atom stereocenters. The molecule has 2 aromatic carbocycles. The maximum absolute atomic E-state index is 8.87. The first-order valence-electron chi connectivity index (χ1n) is 6.49. The molecule has 0 bridgehead atoms. The molecule has 3 nitrogen and oxygen atoms in total. The van der Waals surface area contributed by atoms with Crippen molar-refractivity contribution in [1.29, 1.82) is 5.26 Å². The van der Waals surface area contributed by atoms with E-state index in [0.717, 1.165) is 22.6 Å². The van der Waals surface area contributed by atoms with E-state index in [1.54, 1.807) is 18.3 Å². The van der Waals surface area contributed by atoms with E-state index < -0.39 is 0 Å². The van der Waals surface area contributed by atoms with Gasteiger partial charge in [0.1, 0.15) is 5.82 Å². The summed E-state index contributed by atoms with van der Waals surface area (Å²) in [7, 11) is 0. The molecule has 21 heavy (non-hydrogen) atoms. The minimum absolute atomic E-state index is 0.564. The first-order chi connectivity index (χ1) is 10.2. The van der Waals surface area contributed by atoms with E-state index in [1.807, 2.05) is 48.0 Å². The van der Waals surface area contributed by atoms with Crippen LogP contribution in [-0.2, 0) is 0 Å².